The van der Waals surface area contributed by atoms with Crippen molar-refractivity contribution >= 4 is 28.6 Å². The van der Waals surface area contributed by atoms with Gasteiger partial charge in [0.05, 0.1) is 5.56 Å². The number of carbonyl (C=O) groups is 1. The smallest absolute Gasteiger partial charge is 0.256 e. The number of aromatic hydroxyl groups is 1. The summed E-state index contributed by atoms with van der Waals surface area (Å²) in [6.07, 6.45) is 0.746. The lowest BCUT2D eigenvalue weighted by Gasteiger charge is -2.38. The van der Waals surface area contributed by atoms with Crippen molar-refractivity contribution in [2.75, 3.05) is 6.54 Å². The van der Waals surface area contributed by atoms with E-state index in [0.29, 0.717) is 6.54 Å². The van der Waals surface area contributed by atoms with Gasteiger partial charge in [-0.2, -0.15) is 0 Å². The molecule has 0 saturated carbocycles. The molecule has 3 aromatic rings. The molecule has 0 spiro atoms. The summed E-state index contributed by atoms with van der Waals surface area (Å²) in [5.41, 5.74) is 3.80. The van der Waals surface area contributed by atoms with Crippen LogP contribution in [0, 0.1) is 6.92 Å². The van der Waals surface area contributed by atoms with Crippen molar-refractivity contribution in [3.8, 4) is 5.75 Å². The Balaban J connectivity index is 1.69. The minimum Gasteiger partial charge on any atom is -0.508 e. The molecular weight excluding hydrogens is 322 g/mol. The first kappa shape index (κ1) is 14.0. The predicted octanol–water partition coefficient (Wildman–Crippen LogP) is 4.25. The van der Waals surface area contributed by atoms with E-state index in [0.717, 1.165) is 44.7 Å². The Morgan fingerprint density at radius 1 is 1.25 bits per heavy atom. The Morgan fingerprint density at radius 2 is 2.12 bits per heavy atom. The van der Waals surface area contributed by atoms with Gasteiger partial charge in [-0.25, -0.2) is 0 Å². The Hall–Kier alpha value is -2.40. The quantitative estimate of drug-likeness (QED) is 0.666. The van der Waals surface area contributed by atoms with Crippen molar-refractivity contribution in [3.63, 3.8) is 0 Å². The molecule has 120 valence electrons. The summed E-state index contributed by atoms with van der Waals surface area (Å²) >= 11 is 1.67. The molecule has 1 atom stereocenters. The molecule has 0 aliphatic carbocycles. The molecule has 3 heterocycles. The van der Waals surface area contributed by atoms with Crippen LogP contribution in [0.5, 0.6) is 5.75 Å². The van der Waals surface area contributed by atoms with E-state index >= 15 is 0 Å². The first-order valence-corrected chi connectivity index (χ1v) is 8.82. The topological polar surface area (TPSA) is 53.7 Å². The molecule has 0 fully saturated rings. The number of furan rings is 1. The van der Waals surface area contributed by atoms with Gasteiger partial charge in [0.15, 0.2) is 0 Å². The average Bonchev–Trinajstić information content (AvgIpc) is 2.93. The number of hydrogen-bond donors (Lipinski definition) is 1. The van der Waals surface area contributed by atoms with E-state index in [1.165, 1.54) is 0 Å². The van der Waals surface area contributed by atoms with Gasteiger partial charge in [0, 0.05) is 22.4 Å². The van der Waals surface area contributed by atoms with Gasteiger partial charge in [-0.1, -0.05) is 17.8 Å². The third-order valence-electron chi connectivity index (χ3n) is 4.78. The Morgan fingerprint density at radius 3 is 3.00 bits per heavy atom. The summed E-state index contributed by atoms with van der Waals surface area (Å²) in [5.74, 6) is 1.15. The molecule has 24 heavy (non-hydrogen) atoms. The highest BCUT2D eigenvalue weighted by Gasteiger charge is 2.40. The standard InChI is InChI=1S/C19H15NO3S/c1-10-2-4-13-16(8-10)24-19-17-12(6-7-20(19)18(13)22)14-9-11(21)3-5-15(14)23-17/h2-5,8-9,19,21H,6-7H2,1H3. The van der Waals surface area contributed by atoms with Gasteiger partial charge in [0.2, 0.25) is 0 Å². The molecule has 1 unspecified atom stereocenters. The van der Waals surface area contributed by atoms with E-state index < -0.39 is 0 Å². The summed E-state index contributed by atoms with van der Waals surface area (Å²) in [7, 11) is 0. The number of amides is 1. The van der Waals surface area contributed by atoms with Gasteiger partial charge in [0.1, 0.15) is 22.5 Å². The highest BCUT2D eigenvalue weighted by Crippen LogP contribution is 2.50. The zero-order valence-corrected chi connectivity index (χ0v) is 13.9. The van der Waals surface area contributed by atoms with Gasteiger partial charge >= 0.3 is 0 Å². The fourth-order valence-electron chi connectivity index (χ4n) is 3.61. The van der Waals surface area contributed by atoms with Crippen molar-refractivity contribution in [1.82, 2.24) is 4.90 Å². The minimum atomic E-state index is -0.134. The maximum absolute atomic E-state index is 12.9. The van der Waals surface area contributed by atoms with Crippen molar-refractivity contribution in [2.24, 2.45) is 0 Å². The molecule has 1 amide bonds. The molecule has 0 bridgehead atoms. The normalized spacial score (nSPS) is 19.1. The van der Waals surface area contributed by atoms with Crippen LogP contribution in [0.2, 0.25) is 0 Å². The van der Waals surface area contributed by atoms with Crippen molar-refractivity contribution in [3.05, 3.63) is 58.8 Å². The van der Waals surface area contributed by atoms with Crippen LogP contribution in [-0.2, 0) is 6.42 Å². The summed E-state index contributed by atoms with van der Waals surface area (Å²) in [5, 5.41) is 10.6. The lowest BCUT2D eigenvalue weighted by Crippen LogP contribution is -2.40. The maximum Gasteiger partial charge on any atom is 0.256 e. The largest absolute Gasteiger partial charge is 0.508 e. The number of phenols is 1. The van der Waals surface area contributed by atoms with Crippen LogP contribution in [-0.4, -0.2) is 22.5 Å². The van der Waals surface area contributed by atoms with Crippen LogP contribution >= 0.6 is 11.8 Å². The van der Waals surface area contributed by atoms with Crippen molar-refractivity contribution in [1.29, 1.82) is 0 Å². The Labute approximate surface area is 143 Å². The Kier molecular flexibility index (Phi) is 2.80. The molecule has 5 heteroatoms. The van der Waals surface area contributed by atoms with Crippen LogP contribution in [0.3, 0.4) is 0 Å². The molecule has 4 nitrogen and oxygen atoms in total. The minimum absolute atomic E-state index is 0.0719. The maximum atomic E-state index is 12.9. The molecule has 2 aliphatic heterocycles. The van der Waals surface area contributed by atoms with E-state index in [9.17, 15) is 9.90 Å². The molecule has 2 aliphatic rings. The predicted molar refractivity (Wildman–Crippen MR) is 92.4 cm³/mol. The highest BCUT2D eigenvalue weighted by atomic mass is 32.2. The van der Waals surface area contributed by atoms with Crippen molar-refractivity contribution in [2.45, 2.75) is 23.6 Å². The second-order valence-corrected chi connectivity index (χ2v) is 7.47. The number of fused-ring (bicyclic) bond motifs is 6. The van der Waals surface area contributed by atoms with Crippen molar-refractivity contribution < 1.29 is 14.3 Å². The third kappa shape index (κ3) is 1.85. The second kappa shape index (κ2) is 4.80. The van der Waals surface area contributed by atoms with Gasteiger partial charge < -0.3 is 14.4 Å². The zero-order valence-electron chi connectivity index (χ0n) is 13.1. The van der Waals surface area contributed by atoms with Crippen LogP contribution in [0.25, 0.3) is 11.0 Å². The van der Waals surface area contributed by atoms with E-state index in [1.54, 1.807) is 30.0 Å². The molecule has 5 rings (SSSR count). The van der Waals surface area contributed by atoms with E-state index in [-0.39, 0.29) is 17.0 Å². The average molecular weight is 337 g/mol. The number of nitrogens with zero attached hydrogens (tertiary/aromatic N) is 1. The third-order valence-corrected chi connectivity index (χ3v) is 6.07. The lowest BCUT2D eigenvalue weighted by atomic mass is 10.0. The van der Waals surface area contributed by atoms with Crippen LogP contribution in [0.1, 0.15) is 32.6 Å². The highest BCUT2D eigenvalue weighted by molar-refractivity contribution is 7.99. The second-order valence-electron chi connectivity index (χ2n) is 6.34. The van der Waals surface area contributed by atoms with E-state index in [1.807, 2.05) is 24.0 Å². The molecular formula is C19H15NO3S. The fourth-order valence-corrected chi connectivity index (χ4v) is 5.01. The zero-order chi connectivity index (χ0) is 16.4. The SMILES string of the molecule is Cc1ccc2c(c1)SC1c3oc4ccc(O)cc4c3CCN1C2=O. The summed E-state index contributed by atoms with van der Waals surface area (Å²) < 4.78 is 6.08. The molecule has 1 N–H and O–H groups in total. The van der Waals surface area contributed by atoms with Crippen LogP contribution < -0.4 is 0 Å². The first-order chi connectivity index (χ1) is 11.6. The molecule has 0 saturated heterocycles. The van der Waals surface area contributed by atoms with Gasteiger partial charge in [-0.05, 0) is 49.2 Å². The summed E-state index contributed by atoms with van der Waals surface area (Å²) in [4.78, 5) is 15.8. The number of benzene rings is 2. The monoisotopic (exact) mass is 337 g/mol. The number of rotatable bonds is 0. The first-order valence-electron chi connectivity index (χ1n) is 7.94. The van der Waals surface area contributed by atoms with E-state index in [2.05, 4.69) is 6.07 Å². The van der Waals surface area contributed by atoms with Crippen LogP contribution in [0.15, 0.2) is 45.7 Å². The fraction of sp³-hybridized carbons (Fsp3) is 0.211. The number of carbonyl (C=O) groups excluding carboxylic acids is 1. The summed E-state index contributed by atoms with van der Waals surface area (Å²) in [6, 6.07) is 11.1. The molecule has 2 aromatic carbocycles. The molecule has 1 aromatic heterocycles. The van der Waals surface area contributed by atoms with Gasteiger partial charge in [-0.3, -0.25) is 4.79 Å². The molecule has 0 radical (unpaired) electrons. The number of phenolic OH excluding ortho intramolecular Hbond substituents is 1. The Bertz CT molecular complexity index is 1010. The van der Waals surface area contributed by atoms with Gasteiger partial charge in [-0.15, -0.1) is 0 Å². The van der Waals surface area contributed by atoms with E-state index in [4.69, 9.17) is 4.42 Å². The number of aryl methyl sites for hydroxylation is 1. The number of hydrogen-bond acceptors (Lipinski definition) is 4. The number of thioether (sulfide) groups is 1. The van der Waals surface area contributed by atoms with Crippen LogP contribution in [0.4, 0.5) is 0 Å². The lowest BCUT2D eigenvalue weighted by molar-refractivity contribution is 0.0701. The van der Waals surface area contributed by atoms with Gasteiger partial charge in [0.25, 0.3) is 5.91 Å². The summed E-state index contributed by atoms with van der Waals surface area (Å²) in [6.45, 7) is 2.70.